The minimum Gasteiger partial charge on any atom is -0.384 e. The van der Waals surface area contributed by atoms with Gasteiger partial charge in [0.15, 0.2) is 5.82 Å². The standard InChI is InChI=1S/C15H23N3O2/c1-12-4-5-14(17-16-12)18-8-6-13-15(10-18,11-19-2)7-3-9-20-13/h4-5,13H,3,6-11H2,1-2H3. The van der Waals surface area contributed by atoms with Gasteiger partial charge in [0.2, 0.25) is 0 Å². The second-order valence-corrected chi connectivity index (χ2v) is 6.00. The lowest BCUT2D eigenvalue weighted by Crippen LogP contribution is -2.57. The first-order valence-electron chi connectivity index (χ1n) is 7.39. The van der Waals surface area contributed by atoms with Gasteiger partial charge in [-0.25, -0.2) is 0 Å². The van der Waals surface area contributed by atoms with Gasteiger partial charge in [-0.15, -0.1) is 5.10 Å². The lowest BCUT2D eigenvalue weighted by atomic mass is 9.73. The van der Waals surface area contributed by atoms with Crippen molar-refractivity contribution in [3.63, 3.8) is 0 Å². The minimum atomic E-state index is 0.109. The normalized spacial score (nSPS) is 30.1. The van der Waals surface area contributed by atoms with E-state index in [9.17, 15) is 0 Å². The van der Waals surface area contributed by atoms with Crippen LogP contribution in [0.15, 0.2) is 12.1 Å². The van der Waals surface area contributed by atoms with Crippen molar-refractivity contribution in [2.75, 3.05) is 38.3 Å². The van der Waals surface area contributed by atoms with Crippen LogP contribution >= 0.6 is 0 Å². The molecule has 2 atom stereocenters. The summed E-state index contributed by atoms with van der Waals surface area (Å²) in [5, 5.41) is 8.50. The fourth-order valence-corrected chi connectivity index (χ4v) is 3.54. The molecule has 3 rings (SSSR count). The van der Waals surface area contributed by atoms with Crippen molar-refractivity contribution in [2.45, 2.75) is 32.3 Å². The van der Waals surface area contributed by atoms with Crippen LogP contribution in [0.2, 0.25) is 0 Å². The Balaban J connectivity index is 1.80. The molecule has 5 nitrogen and oxygen atoms in total. The van der Waals surface area contributed by atoms with Crippen LogP contribution in [0, 0.1) is 12.3 Å². The molecule has 0 spiro atoms. The third-order valence-electron chi connectivity index (χ3n) is 4.53. The van der Waals surface area contributed by atoms with E-state index >= 15 is 0 Å². The number of anilines is 1. The van der Waals surface area contributed by atoms with Gasteiger partial charge in [-0.2, -0.15) is 5.10 Å². The van der Waals surface area contributed by atoms with Gasteiger partial charge in [0.05, 0.1) is 18.4 Å². The van der Waals surface area contributed by atoms with Gasteiger partial charge in [-0.3, -0.25) is 0 Å². The average Bonchev–Trinajstić information content (AvgIpc) is 2.47. The maximum absolute atomic E-state index is 6.00. The summed E-state index contributed by atoms with van der Waals surface area (Å²) in [6, 6.07) is 4.08. The molecule has 110 valence electrons. The Hall–Kier alpha value is -1.20. The van der Waals surface area contributed by atoms with Gasteiger partial charge >= 0.3 is 0 Å². The number of fused-ring (bicyclic) bond motifs is 1. The molecule has 0 aromatic carbocycles. The molecule has 0 radical (unpaired) electrons. The van der Waals surface area contributed by atoms with E-state index in [1.165, 1.54) is 6.42 Å². The molecule has 1 aromatic rings. The molecule has 0 saturated carbocycles. The highest BCUT2D eigenvalue weighted by Gasteiger charge is 2.46. The van der Waals surface area contributed by atoms with Crippen LogP contribution < -0.4 is 4.90 Å². The van der Waals surface area contributed by atoms with Gasteiger partial charge in [0.1, 0.15) is 0 Å². The van der Waals surface area contributed by atoms with Crippen LogP contribution in [0.5, 0.6) is 0 Å². The van der Waals surface area contributed by atoms with Gasteiger partial charge < -0.3 is 14.4 Å². The third kappa shape index (κ3) is 2.52. The second kappa shape index (κ2) is 5.66. The molecule has 2 saturated heterocycles. The third-order valence-corrected chi connectivity index (χ3v) is 4.53. The van der Waals surface area contributed by atoms with E-state index in [-0.39, 0.29) is 5.41 Å². The first kappa shape index (κ1) is 13.8. The van der Waals surface area contributed by atoms with Crippen molar-refractivity contribution in [2.24, 2.45) is 5.41 Å². The Morgan fingerprint density at radius 2 is 2.35 bits per heavy atom. The molecule has 0 aliphatic carbocycles. The fraction of sp³-hybridized carbons (Fsp3) is 0.733. The zero-order chi connectivity index (χ0) is 14.0. The molecule has 2 aliphatic rings. The Kier molecular flexibility index (Phi) is 3.89. The molecular formula is C15H23N3O2. The van der Waals surface area contributed by atoms with Crippen molar-refractivity contribution in [1.29, 1.82) is 0 Å². The topological polar surface area (TPSA) is 47.5 Å². The van der Waals surface area contributed by atoms with Crippen molar-refractivity contribution >= 4 is 5.82 Å². The summed E-state index contributed by atoms with van der Waals surface area (Å²) < 4.78 is 11.5. The Morgan fingerprint density at radius 3 is 3.10 bits per heavy atom. The van der Waals surface area contributed by atoms with E-state index in [1.807, 2.05) is 13.0 Å². The van der Waals surface area contributed by atoms with Crippen molar-refractivity contribution < 1.29 is 9.47 Å². The van der Waals surface area contributed by atoms with E-state index in [1.54, 1.807) is 7.11 Å². The zero-order valence-corrected chi connectivity index (χ0v) is 12.3. The predicted octanol–water partition coefficient (Wildman–Crippen LogP) is 1.81. The maximum atomic E-state index is 6.00. The Morgan fingerprint density at radius 1 is 1.45 bits per heavy atom. The van der Waals surface area contributed by atoms with E-state index < -0.39 is 0 Å². The highest BCUT2D eigenvalue weighted by Crippen LogP contribution is 2.41. The van der Waals surface area contributed by atoms with Crippen molar-refractivity contribution in [3.05, 3.63) is 17.8 Å². The summed E-state index contributed by atoms with van der Waals surface area (Å²) in [5.41, 5.74) is 1.06. The molecule has 0 N–H and O–H groups in total. The number of aromatic nitrogens is 2. The summed E-state index contributed by atoms with van der Waals surface area (Å²) in [4.78, 5) is 2.33. The van der Waals surface area contributed by atoms with Crippen LogP contribution in [-0.4, -0.2) is 49.7 Å². The first-order chi connectivity index (χ1) is 9.73. The van der Waals surface area contributed by atoms with Crippen LogP contribution in [0.1, 0.15) is 25.0 Å². The number of hydrogen-bond donors (Lipinski definition) is 0. The van der Waals surface area contributed by atoms with Crippen LogP contribution in [0.25, 0.3) is 0 Å². The molecule has 0 bridgehead atoms. The van der Waals surface area contributed by atoms with E-state index in [2.05, 4.69) is 21.2 Å². The SMILES string of the molecule is COCC12CCCOC1CCN(c1ccc(C)nn1)C2. The molecule has 3 heterocycles. The molecule has 5 heteroatoms. The quantitative estimate of drug-likeness (QED) is 0.843. The molecule has 20 heavy (non-hydrogen) atoms. The number of nitrogens with zero attached hydrogens (tertiary/aromatic N) is 3. The van der Waals surface area contributed by atoms with Crippen LogP contribution in [-0.2, 0) is 9.47 Å². The van der Waals surface area contributed by atoms with Crippen molar-refractivity contribution in [1.82, 2.24) is 10.2 Å². The molecule has 2 unspecified atom stereocenters. The van der Waals surface area contributed by atoms with Gasteiger partial charge in [-0.1, -0.05) is 0 Å². The van der Waals surface area contributed by atoms with Gasteiger partial charge in [0.25, 0.3) is 0 Å². The fourth-order valence-electron chi connectivity index (χ4n) is 3.54. The van der Waals surface area contributed by atoms with Gasteiger partial charge in [-0.05, 0) is 38.3 Å². The molecular weight excluding hydrogens is 254 g/mol. The van der Waals surface area contributed by atoms with E-state index in [0.29, 0.717) is 6.10 Å². The second-order valence-electron chi connectivity index (χ2n) is 6.00. The number of aryl methyl sites for hydroxylation is 1. The smallest absolute Gasteiger partial charge is 0.151 e. The summed E-state index contributed by atoms with van der Waals surface area (Å²) in [6.07, 6.45) is 3.65. The maximum Gasteiger partial charge on any atom is 0.151 e. The lowest BCUT2D eigenvalue weighted by molar-refractivity contribution is -0.119. The average molecular weight is 277 g/mol. The zero-order valence-electron chi connectivity index (χ0n) is 12.3. The summed E-state index contributed by atoms with van der Waals surface area (Å²) in [6.45, 7) is 5.54. The monoisotopic (exact) mass is 277 g/mol. The molecule has 2 fully saturated rings. The summed E-state index contributed by atoms with van der Waals surface area (Å²) in [5.74, 6) is 0.968. The van der Waals surface area contributed by atoms with Crippen LogP contribution in [0.3, 0.4) is 0 Å². The van der Waals surface area contributed by atoms with Gasteiger partial charge in [0, 0.05) is 32.2 Å². The summed E-state index contributed by atoms with van der Waals surface area (Å²) >= 11 is 0. The minimum absolute atomic E-state index is 0.109. The van der Waals surface area contributed by atoms with Crippen molar-refractivity contribution in [3.8, 4) is 0 Å². The highest BCUT2D eigenvalue weighted by atomic mass is 16.5. The van der Waals surface area contributed by atoms with E-state index in [0.717, 1.165) is 50.7 Å². The largest absolute Gasteiger partial charge is 0.384 e. The Bertz CT molecular complexity index is 447. The number of piperidine rings is 1. The molecule has 2 aliphatic heterocycles. The van der Waals surface area contributed by atoms with Crippen LogP contribution in [0.4, 0.5) is 5.82 Å². The number of ether oxygens (including phenoxy) is 2. The number of hydrogen-bond acceptors (Lipinski definition) is 5. The van der Waals surface area contributed by atoms with E-state index in [4.69, 9.17) is 9.47 Å². The Labute approximate surface area is 120 Å². The lowest BCUT2D eigenvalue weighted by Gasteiger charge is -2.50. The number of rotatable bonds is 3. The number of methoxy groups -OCH3 is 1. The molecule has 1 aromatic heterocycles. The predicted molar refractivity (Wildman–Crippen MR) is 76.9 cm³/mol. The summed E-state index contributed by atoms with van der Waals surface area (Å²) in [7, 11) is 1.78. The highest BCUT2D eigenvalue weighted by molar-refractivity contribution is 5.39. The molecule has 0 amide bonds. The first-order valence-corrected chi connectivity index (χ1v) is 7.39.